The minimum atomic E-state index is -0.817. The van der Waals surface area contributed by atoms with Crippen LogP contribution in [0.4, 0.5) is 0 Å². The summed E-state index contributed by atoms with van der Waals surface area (Å²) in [5.41, 5.74) is 7.79. The molecule has 0 saturated carbocycles. The number of carbonyl (C=O) groups is 2. The standard InChI is InChI=1S/C22H23ClN4O2/c1-22(2,21(24)29)14-25-19(28)12-16-13-27(18-6-4-3-5-7-18)26-20(16)15-8-10-17(23)11-9-15/h3-11,13H,12,14H2,1-2H3,(H2,24,29)(H,25,28). The SMILES string of the molecule is CC(C)(CNC(=O)Cc1cn(-c2ccccc2)nc1-c1ccc(Cl)cc1)C(N)=O. The number of benzene rings is 2. The first kappa shape index (κ1) is 20.6. The number of rotatable bonds is 7. The smallest absolute Gasteiger partial charge is 0.224 e. The van der Waals surface area contributed by atoms with Gasteiger partial charge in [0.25, 0.3) is 0 Å². The molecule has 0 unspecified atom stereocenters. The lowest BCUT2D eigenvalue weighted by molar-refractivity contribution is -0.126. The van der Waals surface area contributed by atoms with Gasteiger partial charge < -0.3 is 11.1 Å². The lowest BCUT2D eigenvalue weighted by Crippen LogP contribution is -2.42. The summed E-state index contributed by atoms with van der Waals surface area (Å²) in [6.45, 7) is 3.56. The van der Waals surface area contributed by atoms with E-state index in [0.29, 0.717) is 10.7 Å². The highest BCUT2D eigenvalue weighted by molar-refractivity contribution is 6.30. The van der Waals surface area contributed by atoms with E-state index in [1.807, 2.05) is 48.7 Å². The molecule has 6 nitrogen and oxygen atoms in total. The Labute approximate surface area is 174 Å². The van der Waals surface area contributed by atoms with Crippen LogP contribution in [0.15, 0.2) is 60.8 Å². The van der Waals surface area contributed by atoms with E-state index < -0.39 is 11.3 Å². The molecule has 0 bridgehead atoms. The van der Waals surface area contributed by atoms with Crippen LogP contribution in [-0.2, 0) is 16.0 Å². The van der Waals surface area contributed by atoms with Gasteiger partial charge in [-0.05, 0) is 38.1 Å². The molecule has 2 amide bonds. The van der Waals surface area contributed by atoms with E-state index in [1.54, 1.807) is 30.7 Å². The predicted octanol–water partition coefficient (Wildman–Crippen LogP) is 3.36. The van der Waals surface area contributed by atoms with Gasteiger partial charge in [-0.25, -0.2) is 4.68 Å². The van der Waals surface area contributed by atoms with Crippen molar-refractivity contribution in [1.29, 1.82) is 0 Å². The molecule has 0 saturated heterocycles. The maximum atomic E-state index is 12.5. The van der Waals surface area contributed by atoms with Gasteiger partial charge in [-0.1, -0.05) is 41.9 Å². The lowest BCUT2D eigenvalue weighted by Gasteiger charge is -2.20. The zero-order valence-electron chi connectivity index (χ0n) is 16.4. The molecule has 0 aliphatic carbocycles. The Morgan fingerprint density at radius 1 is 1.10 bits per heavy atom. The third-order valence-corrected chi connectivity index (χ3v) is 4.93. The Hall–Kier alpha value is -3.12. The number of aromatic nitrogens is 2. The number of nitrogens with one attached hydrogen (secondary N) is 1. The molecule has 150 valence electrons. The second-order valence-electron chi connectivity index (χ2n) is 7.49. The molecule has 2 aromatic carbocycles. The van der Waals surface area contributed by atoms with Crippen LogP contribution < -0.4 is 11.1 Å². The molecular weight excluding hydrogens is 388 g/mol. The maximum absolute atomic E-state index is 12.5. The van der Waals surface area contributed by atoms with E-state index in [4.69, 9.17) is 17.3 Å². The molecule has 3 rings (SSSR count). The number of hydrogen-bond acceptors (Lipinski definition) is 3. The van der Waals surface area contributed by atoms with E-state index >= 15 is 0 Å². The van der Waals surface area contributed by atoms with Crippen molar-refractivity contribution in [3.63, 3.8) is 0 Å². The molecule has 1 heterocycles. The Morgan fingerprint density at radius 3 is 2.38 bits per heavy atom. The van der Waals surface area contributed by atoms with Crippen molar-refractivity contribution in [2.75, 3.05) is 6.54 Å². The van der Waals surface area contributed by atoms with Gasteiger partial charge in [0.2, 0.25) is 11.8 Å². The maximum Gasteiger partial charge on any atom is 0.224 e. The quantitative estimate of drug-likeness (QED) is 0.625. The topological polar surface area (TPSA) is 90.0 Å². The molecule has 0 aliphatic rings. The van der Waals surface area contributed by atoms with E-state index in [0.717, 1.165) is 16.8 Å². The fraction of sp³-hybridized carbons (Fsp3) is 0.227. The molecule has 0 aliphatic heterocycles. The summed E-state index contributed by atoms with van der Waals surface area (Å²) in [6.07, 6.45) is 1.97. The van der Waals surface area contributed by atoms with Gasteiger partial charge in [0.15, 0.2) is 0 Å². The molecule has 0 radical (unpaired) electrons. The number of amides is 2. The van der Waals surface area contributed by atoms with Gasteiger partial charge in [0, 0.05) is 28.9 Å². The number of halogens is 1. The summed E-state index contributed by atoms with van der Waals surface area (Å²) in [7, 11) is 0. The number of primary amides is 1. The third kappa shape index (κ3) is 5.03. The van der Waals surface area contributed by atoms with Crippen molar-refractivity contribution in [3.05, 3.63) is 71.4 Å². The average Bonchev–Trinajstić information content (AvgIpc) is 3.11. The Balaban J connectivity index is 1.88. The van der Waals surface area contributed by atoms with Crippen molar-refractivity contribution in [2.24, 2.45) is 11.1 Å². The number of para-hydroxylation sites is 1. The third-order valence-electron chi connectivity index (χ3n) is 4.67. The van der Waals surface area contributed by atoms with Gasteiger partial charge in [-0.3, -0.25) is 9.59 Å². The van der Waals surface area contributed by atoms with Crippen molar-refractivity contribution in [3.8, 4) is 16.9 Å². The second-order valence-corrected chi connectivity index (χ2v) is 7.93. The van der Waals surface area contributed by atoms with E-state index in [-0.39, 0.29) is 18.9 Å². The summed E-state index contributed by atoms with van der Waals surface area (Å²) in [5.74, 6) is -0.668. The van der Waals surface area contributed by atoms with Gasteiger partial charge >= 0.3 is 0 Å². The molecule has 0 atom stereocenters. The highest BCUT2D eigenvalue weighted by Gasteiger charge is 2.25. The molecule has 29 heavy (non-hydrogen) atoms. The number of nitrogens with two attached hydrogens (primary N) is 1. The minimum Gasteiger partial charge on any atom is -0.369 e. The van der Waals surface area contributed by atoms with Crippen LogP contribution in [0, 0.1) is 5.41 Å². The number of nitrogens with zero attached hydrogens (tertiary/aromatic N) is 2. The van der Waals surface area contributed by atoms with E-state index in [9.17, 15) is 9.59 Å². The Bertz CT molecular complexity index is 1010. The van der Waals surface area contributed by atoms with Crippen molar-refractivity contribution >= 4 is 23.4 Å². The largest absolute Gasteiger partial charge is 0.369 e. The minimum absolute atomic E-state index is 0.125. The molecule has 7 heteroatoms. The lowest BCUT2D eigenvalue weighted by atomic mass is 9.92. The first-order chi connectivity index (χ1) is 13.8. The number of hydrogen-bond donors (Lipinski definition) is 2. The molecule has 3 N–H and O–H groups in total. The van der Waals surface area contributed by atoms with Crippen LogP contribution in [0.1, 0.15) is 19.4 Å². The fourth-order valence-corrected chi connectivity index (χ4v) is 2.87. The van der Waals surface area contributed by atoms with E-state index in [2.05, 4.69) is 10.4 Å². The summed E-state index contributed by atoms with van der Waals surface area (Å²) in [6, 6.07) is 17.0. The second kappa shape index (κ2) is 8.49. The van der Waals surface area contributed by atoms with Gasteiger partial charge in [-0.2, -0.15) is 5.10 Å². The van der Waals surface area contributed by atoms with Gasteiger partial charge in [0.05, 0.1) is 23.2 Å². The average molecular weight is 411 g/mol. The molecule has 3 aromatic rings. The van der Waals surface area contributed by atoms with Crippen LogP contribution in [0.25, 0.3) is 16.9 Å². The zero-order chi connectivity index (χ0) is 21.0. The summed E-state index contributed by atoms with van der Waals surface area (Å²) >= 11 is 6.01. The van der Waals surface area contributed by atoms with Crippen LogP contribution >= 0.6 is 11.6 Å². The summed E-state index contributed by atoms with van der Waals surface area (Å²) in [5, 5.41) is 8.11. The first-order valence-electron chi connectivity index (χ1n) is 9.23. The van der Waals surface area contributed by atoms with Crippen LogP contribution in [0.5, 0.6) is 0 Å². The zero-order valence-corrected chi connectivity index (χ0v) is 17.1. The van der Waals surface area contributed by atoms with Crippen molar-refractivity contribution < 1.29 is 9.59 Å². The Morgan fingerprint density at radius 2 is 1.76 bits per heavy atom. The Kier molecular flexibility index (Phi) is 6.03. The van der Waals surface area contributed by atoms with Crippen molar-refractivity contribution in [2.45, 2.75) is 20.3 Å². The first-order valence-corrected chi connectivity index (χ1v) is 9.60. The molecular formula is C22H23ClN4O2. The normalized spacial score (nSPS) is 11.3. The highest BCUT2D eigenvalue weighted by atomic mass is 35.5. The van der Waals surface area contributed by atoms with Crippen LogP contribution in [0.2, 0.25) is 5.02 Å². The molecule has 0 fully saturated rings. The monoisotopic (exact) mass is 410 g/mol. The molecule has 0 spiro atoms. The molecule has 1 aromatic heterocycles. The highest BCUT2D eigenvalue weighted by Crippen LogP contribution is 2.26. The van der Waals surface area contributed by atoms with Gasteiger partial charge in [-0.15, -0.1) is 0 Å². The predicted molar refractivity (Wildman–Crippen MR) is 114 cm³/mol. The fourth-order valence-electron chi connectivity index (χ4n) is 2.74. The van der Waals surface area contributed by atoms with E-state index in [1.165, 1.54) is 0 Å². The van der Waals surface area contributed by atoms with Crippen LogP contribution in [-0.4, -0.2) is 28.1 Å². The summed E-state index contributed by atoms with van der Waals surface area (Å²) in [4.78, 5) is 24.0. The number of carbonyl (C=O) groups excluding carboxylic acids is 2. The van der Waals surface area contributed by atoms with Crippen molar-refractivity contribution in [1.82, 2.24) is 15.1 Å². The van der Waals surface area contributed by atoms with Gasteiger partial charge in [0.1, 0.15) is 0 Å². The summed E-state index contributed by atoms with van der Waals surface area (Å²) < 4.78 is 1.75. The van der Waals surface area contributed by atoms with Crippen LogP contribution in [0.3, 0.4) is 0 Å².